The van der Waals surface area contributed by atoms with Crippen LogP contribution in [0.4, 0.5) is 5.69 Å². The molecule has 0 saturated carbocycles. The summed E-state index contributed by atoms with van der Waals surface area (Å²) in [6.45, 7) is 2.20. The largest absolute Gasteiger partial charge is 0.497 e. The minimum Gasteiger partial charge on any atom is -0.497 e. The quantitative estimate of drug-likeness (QED) is 0.805. The zero-order chi connectivity index (χ0) is 18.5. The van der Waals surface area contributed by atoms with E-state index in [9.17, 15) is 9.59 Å². The van der Waals surface area contributed by atoms with E-state index >= 15 is 0 Å². The second-order valence-corrected chi connectivity index (χ2v) is 6.96. The predicted molar refractivity (Wildman–Crippen MR) is 98.5 cm³/mol. The van der Waals surface area contributed by atoms with Crippen molar-refractivity contribution in [1.82, 2.24) is 10.2 Å². The first-order chi connectivity index (χ1) is 12.6. The van der Waals surface area contributed by atoms with Crippen LogP contribution in [0.2, 0.25) is 0 Å². The van der Waals surface area contributed by atoms with Gasteiger partial charge in [-0.1, -0.05) is 6.42 Å². The molecule has 2 N–H and O–H groups in total. The number of benzene rings is 1. The normalized spacial score (nSPS) is 22.9. The smallest absolute Gasteiger partial charge is 0.225 e. The number of fused-ring (bicyclic) bond motifs is 3. The molecule has 0 spiro atoms. The van der Waals surface area contributed by atoms with Crippen molar-refractivity contribution in [2.24, 2.45) is 5.92 Å². The van der Waals surface area contributed by atoms with E-state index in [2.05, 4.69) is 15.5 Å². The lowest BCUT2D eigenvalue weighted by Gasteiger charge is -2.27. The first-order valence-electron chi connectivity index (χ1n) is 9.13. The zero-order valence-corrected chi connectivity index (χ0v) is 15.4. The summed E-state index contributed by atoms with van der Waals surface area (Å²) in [6.07, 6.45) is 3.44. The minimum absolute atomic E-state index is 0.0484. The van der Waals surface area contributed by atoms with Crippen molar-refractivity contribution in [3.8, 4) is 11.5 Å². The molecule has 2 amide bonds. The number of hydrogen-bond acceptors (Lipinski definition) is 5. The van der Waals surface area contributed by atoms with Gasteiger partial charge in [0, 0.05) is 38.2 Å². The van der Waals surface area contributed by atoms with Gasteiger partial charge in [0.1, 0.15) is 11.5 Å². The number of amides is 2. The molecule has 0 aliphatic carbocycles. The maximum atomic E-state index is 12.4. The topological polar surface area (TPSA) is 79.9 Å². The minimum atomic E-state index is -0.0674. The van der Waals surface area contributed by atoms with Gasteiger partial charge in [0.25, 0.3) is 0 Å². The van der Waals surface area contributed by atoms with Crippen LogP contribution in [-0.2, 0) is 9.59 Å². The van der Waals surface area contributed by atoms with E-state index in [1.807, 2.05) is 0 Å². The Morgan fingerprint density at radius 3 is 2.88 bits per heavy atom. The SMILES string of the molecule is COc1ccc(NC(=O)CCN2C[C@@H]3CCC[C@H](C2)C(=O)N3)c(OC)c1. The van der Waals surface area contributed by atoms with Gasteiger partial charge in [-0.25, -0.2) is 0 Å². The molecule has 0 radical (unpaired) electrons. The van der Waals surface area contributed by atoms with E-state index in [1.54, 1.807) is 32.4 Å². The molecule has 2 heterocycles. The van der Waals surface area contributed by atoms with E-state index in [0.717, 1.165) is 32.4 Å². The average molecular weight is 361 g/mol. The Morgan fingerprint density at radius 1 is 1.27 bits per heavy atom. The summed E-state index contributed by atoms with van der Waals surface area (Å²) in [7, 11) is 3.15. The van der Waals surface area contributed by atoms with Crippen molar-refractivity contribution >= 4 is 17.5 Å². The van der Waals surface area contributed by atoms with E-state index in [0.29, 0.717) is 30.2 Å². The van der Waals surface area contributed by atoms with E-state index in [4.69, 9.17) is 9.47 Å². The summed E-state index contributed by atoms with van der Waals surface area (Å²) in [6, 6.07) is 5.50. The van der Waals surface area contributed by atoms with E-state index in [1.165, 1.54) is 0 Å². The standard InChI is InChI=1S/C19H27N3O4/c1-25-15-6-7-16(17(10-15)26-2)21-18(23)8-9-22-11-13-4-3-5-14(12-22)20-19(13)24/h6-7,10,13-14H,3-5,8-9,11-12H2,1-2H3,(H,20,24)(H,21,23)/t13-,14+/m1/s1. The number of ether oxygens (including phenoxy) is 2. The van der Waals surface area contributed by atoms with Gasteiger partial charge in [0.2, 0.25) is 11.8 Å². The molecule has 0 aromatic heterocycles. The number of rotatable bonds is 6. The van der Waals surface area contributed by atoms with Crippen molar-refractivity contribution in [3.05, 3.63) is 18.2 Å². The van der Waals surface area contributed by atoms with Gasteiger partial charge in [-0.05, 0) is 25.0 Å². The third-order valence-electron chi connectivity index (χ3n) is 5.12. The predicted octanol–water partition coefficient (Wildman–Crippen LogP) is 1.63. The molecule has 3 rings (SSSR count). The molecular formula is C19H27N3O4. The summed E-state index contributed by atoms with van der Waals surface area (Å²) < 4.78 is 10.5. The molecule has 1 aromatic rings. The molecule has 1 aromatic carbocycles. The molecule has 2 fully saturated rings. The fourth-order valence-electron chi connectivity index (χ4n) is 3.70. The van der Waals surface area contributed by atoms with E-state index in [-0.39, 0.29) is 23.8 Å². The van der Waals surface area contributed by atoms with Crippen molar-refractivity contribution in [1.29, 1.82) is 0 Å². The Hall–Kier alpha value is -2.28. The molecular weight excluding hydrogens is 334 g/mol. The second-order valence-electron chi connectivity index (χ2n) is 6.96. The van der Waals surface area contributed by atoms with Crippen LogP contribution in [0.1, 0.15) is 25.7 Å². The maximum absolute atomic E-state index is 12.4. The molecule has 7 heteroatoms. The Labute approximate surface area is 154 Å². The molecule has 2 saturated heterocycles. The van der Waals surface area contributed by atoms with Crippen molar-refractivity contribution < 1.29 is 19.1 Å². The monoisotopic (exact) mass is 361 g/mol. The zero-order valence-electron chi connectivity index (χ0n) is 15.4. The van der Waals surface area contributed by atoms with Crippen molar-refractivity contribution in [2.45, 2.75) is 31.7 Å². The van der Waals surface area contributed by atoms with Gasteiger partial charge in [-0.15, -0.1) is 0 Å². The Balaban J connectivity index is 1.55. The Kier molecular flexibility index (Phi) is 5.98. The summed E-state index contributed by atoms with van der Waals surface area (Å²) in [5.74, 6) is 1.39. The molecule has 7 nitrogen and oxygen atoms in total. The first-order valence-corrected chi connectivity index (χ1v) is 9.13. The Morgan fingerprint density at radius 2 is 2.12 bits per heavy atom. The van der Waals surface area contributed by atoms with Gasteiger partial charge >= 0.3 is 0 Å². The number of carbonyl (C=O) groups excluding carboxylic acids is 2. The molecule has 26 heavy (non-hydrogen) atoms. The number of likely N-dealkylation sites (tertiary alicyclic amines) is 1. The fourth-order valence-corrected chi connectivity index (χ4v) is 3.70. The summed E-state index contributed by atoms with van der Waals surface area (Å²) in [5.41, 5.74) is 0.628. The highest BCUT2D eigenvalue weighted by Gasteiger charge is 2.32. The third-order valence-corrected chi connectivity index (χ3v) is 5.12. The molecule has 0 unspecified atom stereocenters. The number of nitrogens with zero attached hydrogens (tertiary/aromatic N) is 1. The number of methoxy groups -OCH3 is 2. The highest BCUT2D eigenvalue weighted by atomic mass is 16.5. The van der Waals surface area contributed by atoms with Crippen LogP contribution in [0.5, 0.6) is 11.5 Å². The summed E-state index contributed by atoms with van der Waals surface area (Å²) >= 11 is 0. The van der Waals surface area contributed by atoms with Gasteiger partial charge in [0.15, 0.2) is 0 Å². The third kappa shape index (κ3) is 4.46. The molecule has 2 bridgehead atoms. The molecule has 142 valence electrons. The average Bonchev–Trinajstić information content (AvgIpc) is 2.88. The van der Waals surface area contributed by atoms with Gasteiger partial charge in [0.05, 0.1) is 25.8 Å². The molecule has 2 aliphatic rings. The van der Waals surface area contributed by atoms with Crippen LogP contribution in [0.3, 0.4) is 0 Å². The fraction of sp³-hybridized carbons (Fsp3) is 0.579. The highest BCUT2D eigenvalue weighted by Crippen LogP contribution is 2.29. The van der Waals surface area contributed by atoms with Crippen LogP contribution >= 0.6 is 0 Å². The van der Waals surface area contributed by atoms with Gasteiger partial charge < -0.3 is 20.1 Å². The Bertz CT molecular complexity index is 664. The summed E-state index contributed by atoms with van der Waals surface area (Å²) in [5, 5.41) is 6.01. The number of hydrogen-bond donors (Lipinski definition) is 2. The van der Waals surface area contributed by atoms with Crippen molar-refractivity contribution in [2.75, 3.05) is 39.2 Å². The number of anilines is 1. The van der Waals surface area contributed by atoms with Crippen LogP contribution in [0.25, 0.3) is 0 Å². The lowest BCUT2D eigenvalue weighted by Crippen LogP contribution is -2.39. The molecule has 2 atom stereocenters. The van der Waals surface area contributed by atoms with Crippen LogP contribution in [0, 0.1) is 5.92 Å². The lowest BCUT2D eigenvalue weighted by atomic mass is 9.99. The van der Waals surface area contributed by atoms with Gasteiger partial charge in [-0.2, -0.15) is 0 Å². The van der Waals surface area contributed by atoms with Crippen LogP contribution in [0.15, 0.2) is 18.2 Å². The number of nitrogens with one attached hydrogen (secondary N) is 2. The first kappa shape index (κ1) is 18.5. The maximum Gasteiger partial charge on any atom is 0.225 e. The lowest BCUT2D eigenvalue weighted by molar-refractivity contribution is -0.124. The number of carbonyl (C=O) groups is 2. The molecule has 2 aliphatic heterocycles. The van der Waals surface area contributed by atoms with Crippen LogP contribution < -0.4 is 20.1 Å². The summed E-state index contributed by atoms with van der Waals surface area (Å²) in [4.78, 5) is 26.7. The van der Waals surface area contributed by atoms with Crippen molar-refractivity contribution in [3.63, 3.8) is 0 Å². The van der Waals surface area contributed by atoms with E-state index < -0.39 is 0 Å². The second kappa shape index (κ2) is 8.40. The highest BCUT2D eigenvalue weighted by molar-refractivity contribution is 5.92. The van der Waals surface area contributed by atoms with Crippen LogP contribution in [-0.4, -0.2) is 56.6 Å². The van der Waals surface area contributed by atoms with Gasteiger partial charge in [-0.3, -0.25) is 14.5 Å².